The van der Waals surface area contributed by atoms with Crippen LogP contribution in [0.25, 0.3) is 0 Å². The van der Waals surface area contributed by atoms with Gasteiger partial charge in [-0.2, -0.15) is 0 Å². The standard InChI is InChI=1S/C15H21N5O2/c1-4-20(5-2)15(21)10-12-6-8-13(9-7-12)22-11-14-16-17-18-19(14)3/h6-9H,4-5,10-11H2,1-3H3. The van der Waals surface area contributed by atoms with Crippen molar-refractivity contribution in [3.05, 3.63) is 35.7 Å². The molecule has 0 atom stereocenters. The van der Waals surface area contributed by atoms with Crippen molar-refractivity contribution >= 4 is 5.91 Å². The summed E-state index contributed by atoms with van der Waals surface area (Å²) in [4.78, 5) is 13.9. The third kappa shape index (κ3) is 4.03. The zero-order valence-electron chi connectivity index (χ0n) is 13.2. The number of carbonyl (C=O) groups is 1. The molecule has 1 heterocycles. The van der Waals surface area contributed by atoms with Gasteiger partial charge in [-0.25, -0.2) is 4.68 Å². The Labute approximate surface area is 129 Å². The van der Waals surface area contributed by atoms with Gasteiger partial charge in [-0.05, 0) is 42.0 Å². The molecular weight excluding hydrogens is 282 g/mol. The first-order valence-electron chi connectivity index (χ1n) is 7.34. The van der Waals surface area contributed by atoms with E-state index in [4.69, 9.17) is 4.74 Å². The molecule has 1 aromatic heterocycles. The van der Waals surface area contributed by atoms with Crippen LogP contribution in [0.2, 0.25) is 0 Å². The number of aryl methyl sites for hydroxylation is 1. The van der Waals surface area contributed by atoms with Gasteiger partial charge < -0.3 is 9.64 Å². The van der Waals surface area contributed by atoms with E-state index in [-0.39, 0.29) is 5.91 Å². The van der Waals surface area contributed by atoms with Crippen molar-refractivity contribution in [2.45, 2.75) is 26.9 Å². The van der Waals surface area contributed by atoms with Crippen molar-refractivity contribution in [1.29, 1.82) is 0 Å². The molecule has 2 rings (SSSR count). The first-order chi connectivity index (χ1) is 10.6. The summed E-state index contributed by atoms with van der Waals surface area (Å²) < 4.78 is 7.19. The maximum Gasteiger partial charge on any atom is 0.226 e. The van der Waals surface area contributed by atoms with Crippen LogP contribution in [0.4, 0.5) is 0 Å². The largest absolute Gasteiger partial charge is 0.486 e. The number of hydrogen-bond acceptors (Lipinski definition) is 5. The van der Waals surface area contributed by atoms with Gasteiger partial charge in [0, 0.05) is 20.1 Å². The van der Waals surface area contributed by atoms with E-state index in [0.29, 0.717) is 18.9 Å². The molecule has 2 aromatic rings. The summed E-state index contributed by atoms with van der Waals surface area (Å²) in [6.45, 7) is 5.76. The van der Waals surface area contributed by atoms with E-state index in [1.807, 2.05) is 43.0 Å². The summed E-state index contributed by atoms with van der Waals surface area (Å²) in [5.41, 5.74) is 0.976. The van der Waals surface area contributed by atoms with Crippen molar-refractivity contribution in [2.24, 2.45) is 7.05 Å². The lowest BCUT2D eigenvalue weighted by Crippen LogP contribution is -2.31. The molecule has 0 N–H and O–H groups in total. The zero-order chi connectivity index (χ0) is 15.9. The van der Waals surface area contributed by atoms with E-state index in [1.165, 1.54) is 0 Å². The van der Waals surface area contributed by atoms with E-state index in [9.17, 15) is 4.79 Å². The molecule has 0 radical (unpaired) electrons. The summed E-state index contributed by atoms with van der Waals surface area (Å²) in [6, 6.07) is 7.53. The van der Waals surface area contributed by atoms with Gasteiger partial charge in [0.1, 0.15) is 12.4 Å². The Balaban J connectivity index is 1.90. The van der Waals surface area contributed by atoms with Crippen molar-refractivity contribution in [2.75, 3.05) is 13.1 Å². The summed E-state index contributed by atoms with van der Waals surface area (Å²) in [5.74, 6) is 1.52. The van der Waals surface area contributed by atoms with Crippen LogP contribution in [-0.4, -0.2) is 44.1 Å². The number of hydrogen-bond donors (Lipinski definition) is 0. The molecule has 1 aromatic carbocycles. The Morgan fingerprint density at radius 2 is 1.91 bits per heavy atom. The van der Waals surface area contributed by atoms with E-state index in [1.54, 1.807) is 11.7 Å². The van der Waals surface area contributed by atoms with Crippen molar-refractivity contribution in [1.82, 2.24) is 25.1 Å². The monoisotopic (exact) mass is 303 g/mol. The topological polar surface area (TPSA) is 73.1 Å². The highest BCUT2D eigenvalue weighted by molar-refractivity contribution is 5.78. The molecule has 0 unspecified atom stereocenters. The second-order valence-corrected chi connectivity index (χ2v) is 4.89. The van der Waals surface area contributed by atoms with Crippen LogP contribution in [0.5, 0.6) is 5.75 Å². The van der Waals surface area contributed by atoms with Crippen LogP contribution in [0, 0.1) is 0 Å². The van der Waals surface area contributed by atoms with Gasteiger partial charge in [-0.1, -0.05) is 12.1 Å². The van der Waals surface area contributed by atoms with Crippen LogP contribution in [0.1, 0.15) is 25.2 Å². The molecule has 0 fully saturated rings. The first-order valence-corrected chi connectivity index (χ1v) is 7.34. The number of carbonyl (C=O) groups excluding carboxylic acids is 1. The lowest BCUT2D eigenvalue weighted by molar-refractivity contribution is -0.130. The fourth-order valence-electron chi connectivity index (χ4n) is 2.08. The minimum Gasteiger partial charge on any atom is -0.486 e. The third-order valence-electron chi connectivity index (χ3n) is 3.47. The average Bonchev–Trinajstić information content (AvgIpc) is 2.93. The summed E-state index contributed by atoms with van der Waals surface area (Å²) in [5, 5.41) is 11.1. The molecule has 0 aliphatic carbocycles. The summed E-state index contributed by atoms with van der Waals surface area (Å²) in [6.07, 6.45) is 0.412. The number of tetrazole rings is 1. The molecule has 0 bridgehead atoms. The third-order valence-corrected chi connectivity index (χ3v) is 3.47. The first kappa shape index (κ1) is 15.9. The Morgan fingerprint density at radius 3 is 2.45 bits per heavy atom. The highest BCUT2D eigenvalue weighted by atomic mass is 16.5. The Bertz CT molecular complexity index is 605. The molecule has 7 nitrogen and oxygen atoms in total. The van der Waals surface area contributed by atoms with Gasteiger partial charge in [-0.3, -0.25) is 4.79 Å². The zero-order valence-corrected chi connectivity index (χ0v) is 13.2. The van der Waals surface area contributed by atoms with E-state index >= 15 is 0 Å². The molecule has 0 aliphatic rings. The second kappa shape index (κ2) is 7.53. The number of rotatable bonds is 7. The van der Waals surface area contributed by atoms with E-state index in [0.717, 1.165) is 24.4 Å². The lowest BCUT2D eigenvalue weighted by Gasteiger charge is -2.18. The molecule has 118 valence electrons. The van der Waals surface area contributed by atoms with E-state index in [2.05, 4.69) is 15.5 Å². The quantitative estimate of drug-likeness (QED) is 0.768. The maximum absolute atomic E-state index is 12.0. The molecule has 0 aliphatic heterocycles. The Morgan fingerprint density at radius 1 is 1.23 bits per heavy atom. The number of benzene rings is 1. The molecule has 22 heavy (non-hydrogen) atoms. The van der Waals surface area contributed by atoms with Gasteiger partial charge in [0.25, 0.3) is 0 Å². The Hall–Kier alpha value is -2.44. The number of amides is 1. The van der Waals surface area contributed by atoms with Crippen molar-refractivity contribution in [3.8, 4) is 5.75 Å². The number of aromatic nitrogens is 4. The predicted octanol–water partition coefficient (Wildman–Crippen LogP) is 1.20. The molecular formula is C15H21N5O2. The van der Waals surface area contributed by atoms with Crippen LogP contribution >= 0.6 is 0 Å². The SMILES string of the molecule is CCN(CC)C(=O)Cc1ccc(OCc2nnnn2C)cc1. The second-order valence-electron chi connectivity index (χ2n) is 4.89. The molecule has 1 amide bonds. The lowest BCUT2D eigenvalue weighted by atomic mass is 10.1. The van der Waals surface area contributed by atoms with Gasteiger partial charge in [0.15, 0.2) is 5.82 Å². The molecule has 0 saturated heterocycles. The van der Waals surface area contributed by atoms with Gasteiger partial charge in [-0.15, -0.1) is 5.10 Å². The normalized spacial score (nSPS) is 10.5. The fraction of sp³-hybridized carbons (Fsp3) is 0.467. The number of ether oxygens (including phenoxy) is 1. The van der Waals surface area contributed by atoms with Gasteiger partial charge in [0.05, 0.1) is 6.42 Å². The van der Waals surface area contributed by atoms with Crippen molar-refractivity contribution < 1.29 is 9.53 Å². The van der Waals surface area contributed by atoms with E-state index < -0.39 is 0 Å². The van der Waals surface area contributed by atoms with Crippen molar-refractivity contribution in [3.63, 3.8) is 0 Å². The minimum absolute atomic E-state index is 0.142. The molecule has 7 heteroatoms. The number of nitrogens with zero attached hydrogens (tertiary/aromatic N) is 5. The smallest absolute Gasteiger partial charge is 0.226 e. The van der Waals surface area contributed by atoms with Gasteiger partial charge in [0.2, 0.25) is 5.91 Å². The summed E-state index contributed by atoms with van der Waals surface area (Å²) in [7, 11) is 1.76. The summed E-state index contributed by atoms with van der Waals surface area (Å²) >= 11 is 0. The average molecular weight is 303 g/mol. The predicted molar refractivity (Wildman–Crippen MR) is 81.2 cm³/mol. The molecule has 0 saturated carbocycles. The Kier molecular flexibility index (Phi) is 5.46. The number of likely N-dealkylation sites (N-methyl/N-ethyl adjacent to an activating group) is 1. The minimum atomic E-state index is 0.142. The van der Waals surface area contributed by atoms with Gasteiger partial charge >= 0.3 is 0 Å². The van der Waals surface area contributed by atoms with Crippen LogP contribution in [0.15, 0.2) is 24.3 Å². The van der Waals surface area contributed by atoms with Crippen LogP contribution in [-0.2, 0) is 24.9 Å². The maximum atomic E-state index is 12.0. The fourth-order valence-corrected chi connectivity index (χ4v) is 2.08. The van der Waals surface area contributed by atoms with Crippen LogP contribution < -0.4 is 4.74 Å². The highest BCUT2D eigenvalue weighted by Gasteiger charge is 2.10. The molecule has 0 spiro atoms. The van der Waals surface area contributed by atoms with Crippen LogP contribution in [0.3, 0.4) is 0 Å². The highest BCUT2D eigenvalue weighted by Crippen LogP contribution is 2.14.